The van der Waals surface area contributed by atoms with E-state index in [-0.39, 0.29) is 6.10 Å². The highest BCUT2D eigenvalue weighted by Gasteiger charge is 2.14. The Kier molecular flexibility index (Phi) is 7.34. The normalized spacial score (nSPS) is 10.8. The number of benzene rings is 1. The first-order valence-electron chi connectivity index (χ1n) is 7.29. The molecule has 0 atom stereocenters. The van der Waals surface area contributed by atoms with Crippen LogP contribution in [0.1, 0.15) is 45.6 Å². The Labute approximate surface area is 117 Å². The Hall–Kier alpha value is -1.22. The molecule has 3 nitrogen and oxygen atoms in total. The van der Waals surface area contributed by atoms with Crippen LogP contribution in [0, 0.1) is 0 Å². The second kappa shape index (κ2) is 8.81. The molecule has 0 bridgehead atoms. The van der Waals surface area contributed by atoms with Gasteiger partial charge >= 0.3 is 0 Å². The summed E-state index contributed by atoms with van der Waals surface area (Å²) in [5.74, 6) is 1.71. The van der Waals surface area contributed by atoms with Gasteiger partial charge < -0.3 is 14.8 Å². The lowest BCUT2D eigenvalue weighted by Crippen LogP contribution is -2.18. The molecule has 0 heterocycles. The van der Waals surface area contributed by atoms with Crippen LogP contribution in [-0.2, 0) is 6.54 Å². The summed E-state index contributed by atoms with van der Waals surface area (Å²) in [6, 6.07) is 6.07. The van der Waals surface area contributed by atoms with E-state index in [1.165, 1.54) is 5.56 Å². The summed E-state index contributed by atoms with van der Waals surface area (Å²) >= 11 is 0. The summed E-state index contributed by atoms with van der Waals surface area (Å²) in [4.78, 5) is 0. The molecule has 0 aromatic heterocycles. The molecule has 1 aromatic carbocycles. The van der Waals surface area contributed by atoms with Crippen LogP contribution in [0.5, 0.6) is 11.5 Å². The van der Waals surface area contributed by atoms with Gasteiger partial charge in [0.25, 0.3) is 0 Å². The molecular weight excluding hydrogens is 238 g/mol. The van der Waals surface area contributed by atoms with Crippen molar-refractivity contribution in [3.63, 3.8) is 0 Å². The molecule has 0 unspecified atom stereocenters. The lowest BCUT2D eigenvalue weighted by molar-refractivity contribution is 0.182. The Bertz CT molecular complexity index is 362. The standard InChI is InChI=1S/C16H27NO2/c1-5-11-17-12-13-9-8-10-15(18-4)16(13)19-14(6-2)7-3/h8-10,14,17H,5-7,11-12H2,1-4H3. The van der Waals surface area contributed by atoms with E-state index in [1.54, 1.807) is 7.11 Å². The zero-order valence-corrected chi connectivity index (χ0v) is 12.7. The van der Waals surface area contributed by atoms with Gasteiger partial charge in [0.15, 0.2) is 11.5 Å². The lowest BCUT2D eigenvalue weighted by atomic mass is 10.1. The van der Waals surface area contributed by atoms with Crippen molar-refractivity contribution in [2.24, 2.45) is 0 Å². The quantitative estimate of drug-likeness (QED) is 0.690. The molecule has 0 amide bonds. The summed E-state index contributed by atoms with van der Waals surface area (Å²) in [7, 11) is 1.69. The molecular formula is C16H27NO2. The first-order chi connectivity index (χ1) is 9.26. The summed E-state index contributed by atoms with van der Waals surface area (Å²) in [6.07, 6.45) is 3.40. The number of hydrogen-bond acceptors (Lipinski definition) is 3. The molecule has 108 valence electrons. The maximum Gasteiger partial charge on any atom is 0.166 e. The fourth-order valence-electron chi connectivity index (χ4n) is 2.02. The highest BCUT2D eigenvalue weighted by molar-refractivity contribution is 5.46. The number of nitrogens with one attached hydrogen (secondary N) is 1. The predicted octanol–water partition coefficient (Wildman–Crippen LogP) is 3.76. The molecule has 1 N–H and O–H groups in total. The van der Waals surface area contributed by atoms with E-state index in [2.05, 4.69) is 32.2 Å². The van der Waals surface area contributed by atoms with Crippen molar-refractivity contribution in [3.8, 4) is 11.5 Å². The van der Waals surface area contributed by atoms with E-state index in [9.17, 15) is 0 Å². The molecule has 0 aliphatic carbocycles. The maximum atomic E-state index is 6.13. The van der Waals surface area contributed by atoms with Crippen molar-refractivity contribution in [1.82, 2.24) is 5.32 Å². The molecule has 1 aromatic rings. The zero-order valence-electron chi connectivity index (χ0n) is 12.7. The van der Waals surface area contributed by atoms with E-state index in [4.69, 9.17) is 9.47 Å². The summed E-state index contributed by atoms with van der Waals surface area (Å²) in [5, 5.41) is 3.42. The SMILES string of the molecule is CCCNCc1cccc(OC)c1OC(CC)CC. The van der Waals surface area contributed by atoms with Gasteiger partial charge in [0.05, 0.1) is 13.2 Å². The van der Waals surface area contributed by atoms with Crippen molar-refractivity contribution < 1.29 is 9.47 Å². The lowest BCUT2D eigenvalue weighted by Gasteiger charge is -2.20. The summed E-state index contributed by atoms with van der Waals surface area (Å²) in [5.41, 5.74) is 1.17. The minimum Gasteiger partial charge on any atom is -0.493 e. The third kappa shape index (κ3) is 4.75. The first-order valence-corrected chi connectivity index (χ1v) is 7.29. The third-order valence-electron chi connectivity index (χ3n) is 3.22. The average molecular weight is 265 g/mol. The Morgan fingerprint density at radius 3 is 2.47 bits per heavy atom. The van der Waals surface area contributed by atoms with Gasteiger partial charge in [-0.1, -0.05) is 32.9 Å². The van der Waals surface area contributed by atoms with Crippen LogP contribution < -0.4 is 14.8 Å². The number of para-hydroxylation sites is 1. The zero-order chi connectivity index (χ0) is 14.1. The van der Waals surface area contributed by atoms with Gasteiger partial charge in [0, 0.05) is 12.1 Å². The third-order valence-corrected chi connectivity index (χ3v) is 3.22. The van der Waals surface area contributed by atoms with Gasteiger partial charge in [-0.3, -0.25) is 0 Å². The topological polar surface area (TPSA) is 30.5 Å². The molecule has 3 heteroatoms. The largest absolute Gasteiger partial charge is 0.493 e. The highest BCUT2D eigenvalue weighted by atomic mass is 16.5. The van der Waals surface area contributed by atoms with Gasteiger partial charge in [-0.05, 0) is 31.9 Å². The molecule has 0 fully saturated rings. The van der Waals surface area contributed by atoms with Gasteiger partial charge in [-0.25, -0.2) is 0 Å². The average Bonchev–Trinajstić information content (AvgIpc) is 2.45. The molecule has 1 rings (SSSR count). The Morgan fingerprint density at radius 1 is 1.16 bits per heavy atom. The number of hydrogen-bond donors (Lipinski definition) is 1. The van der Waals surface area contributed by atoms with Crippen molar-refractivity contribution in [1.29, 1.82) is 0 Å². The van der Waals surface area contributed by atoms with E-state index in [1.807, 2.05) is 12.1 Å². The van der Waals surface area contributed by atoms with Gasteiger partial charge in [-0.2, -0.15) is 0 Å². The predicted molar refractivity (Wildman–Crippen MR) is 80.0 cm³/mol. The van der Waals surface area contributed by atoms with Crippen LogP contribution in [0.2, 0.25) is 0 Å². The minimum atomic E-state index is 0.251. The van der Waals surface area contributed by atoms with Gasteiger partial charge in [0.2, 0.25) is 0 Å². The van der Waals surface area contributed by atoms with E-state index >= 15 is 0 Å². The van der Waals surface area contributed by atoms with E-state index < -0.39 is 0 Å². The smallest absolute Gasteiger partial charge is 0.166 e. The monoisotopic (exact) mass is 265 g/mol. The van der Waals surface area contributed by atoms with Crippen molar-refractivity contribution in [2.75, 3.05) is 13.7 Å². The van der Waals surface area contributed by atoms with Crippen LogP contribution in [0.25, 0.3) is 0 Å². The molecule has 0 saturated carbocycles. The molecule has 0 spiro atoms. The number of rotatable bonds is 9. The van der Waals surface area contributed by atoms with Crippen LogP contribution in [0.4, 0.5) is 0 Å². The van der Waals surface area contributed by atoms with Gasteiger partial charge in [0.1, 0.15) is 0 Å². The Morgan fingerprint density at radius 2 is 1.89 bits per heavy atom. The Balaban J connectivity index is 2.88. The maximum absolute atomic E-state index is 6.13. The minimum absolute atomic E-state index is 0.251. The van der Waals surface area contributed by atoms with E-state index in [0.717, 1.165) is 43.9 Å². The second-order valence-corrected chi connectivity index (χ2v) is 4.68. The van der Waals surface area contributed by atoms with Gasteiger partial charge in [-0.15, -0.1) is 0 Å². The van der Waals surface area contributed by atoms with Crippen LogP contribution in [-0.4, -0.2) is 19.8 Å². The summed E-state index contributed by atoms with van der Waals surface area (Å²) < 4.78 is 11.6. The molecule has 0 saturated heterocycles. The van der Waals surface area contributed by atoms with Crippen LogP contribution in [0.15, 0.2) is 18.2 Å². The number of methoxy groups -OCH3 is 1. The fourth-order valence-corrected chi connectivity index (χ4v) is 2.02. The van der Waals surface area contributed by atoms with E-state index in [0.29, 0.717) is 0 Å². The highest BCUT2D eigenvalue weighted by Crippen LogP contribution is 2.32. The van der Waals surface area contributed by atoms with Crippen molar-refractivity contribution in [3.05, 3.63) is 23.8 Å². The number of ether oxygens (including phenoxy) is 2. The molecule has 19 heavy (non-hydrogen) atoms. The van der Waals surface area contributed by atoms with Crippen LogP contribution >= 0.6 is 0 Å². The fraction of sp³-hybridized carbons (Fsp3) is 0.625. The molecule has 0 aliphatic heterocycles. The molecule has 0 aliphatic rings. The second-order valence-electron chi connectivity index (χ2n) is 4.68. The van der Waals surface area contributed by atoms with Crippen molar-refractivity contribution in [2.45, 2.75) is 52.7 Å². The van der Waals surface area contributed by atoms with Crippen LogP contribution in [0.3, 0.4) is 0 Å². The summed E-state index contributed by atoms with van der Waals surface area (Å²) in [6.45, 7) is 8.31. The first kappa shape index (κ1) is 15.8. The van der Waals surface area contributed by atoms with Crippen molar-refractivity contribution >= 4 is 0 Å². The molecule has 0 radical (unpaired) electrons.